The predicted molar refractivity (Wildman–Crippen MR) is 56.6 cm³/mol. The molecule has 0 spiro atoms. The SMILES string of the molecule is CCCCOC(=O)N1CCC=CC(=O)C1. The molecule has 1 aliphatic rings. The molecular formula is C11H17NO3. The highest BCUT2D eigenvalue weighted by Crippen LogP contribution is 2.03. The summed E-state index contributed by atoms with van der Waals surface area (Å²) in [5.74, 6) is -0.0417. The zero-order chi connectivity index (χ0) is 11.1. The molecule has 0 N–H and O–H groups in total. The van der Waals surface area contributed by atoms with Crippen molar-refractivity contribution in [2.45, 2.75) is 26.2 Å². The number of hydrogen-bond acceptors (Lipinski definition) is 3. The van der Waals surface area contributed by atoms with E-state index in [-0.39, 0.29) is 18.4 Å². The summed E-state index contributed by atoms with van der Waals surface area (Å²) in [5, 5.41) is 0. The number of carbonyl (C=O) groups is 2. The molecule has 1 rings (SSSR count). The standard InChI is InChI=1S/C11H17NO3/c1-2-3-8-15-11(14)12-7-5-4-6-10(13)9-12/h4,6H,2-3,5,7-9H2,1H3. The van der Waals surface area contributed by atoms with Crippen LogP contribution in [-0.2, 0) is 9.53 Å². The topological polar surface area (TPSA) is 46.6 Å². The third kappa shape index (κ3) is 4.14. The van der Waals surface area contributed by atoms with Gasteiger partial charge in [0.05, 0.1) is 13.2 Å². The average molecular weight is 211 g/mol. The van der Waals surface area contributed by atoms with Crippen molar-refractivity contribution in [1.82, 2.24) is 4.90 Å². The van der Waals surface area contributed by atoms with Crippen molar-refractivity contribution in [1.29, 1.82) is 0 Å². The number of hydrogen-bond donors (Lipinski definition) is 0. The minimum atomic E-state index is -0.375. The molecule has 0 saturated carbocycles. The number of ether oxygens (including phenoxy) is 1. The van der Waals surface area contributed by atoms with Gasteiger partial charge in [0.15, 0.2) is 5.78 Å². The average Bonchev–Trinajstić information content (AvgIpc) is 2.43. The second-order valence-electron chi connectivity index (χ2n) is 3.55. The first-order valence-corrected chi connectivity index (χ1v) is 5.35. The number of amides is 1. The number of ketones is 1. The molecule has 0 unspecified atom stereocenters. The molecule has 0 aromatic rings. The van der Waals surface area contributed by atoms with E-state index in [1.54, 1.807) is 6.08 Å². The highest BCUT2D eigenvalue weighted by Gasteiger charge is 2.18. The minimum Gasteiger partial charge on any atom is -0.449 e. The Morgan fingerprint density at radius 2 is 2.40 bits per heavy atom. The molecule has 0 radical (unpaired) electrons. The lowest BCUT2D eigenvalue weighted by atomic mass is 10.3. The third-order valence-electron chi connectivity index (χ3n) is 2.20. The van der Waals surface area contributed by atoms with E-state index in [0.29, 0.717) is 19.6 Å². The lowest BCUT2D eigenvalue weighted by molar-refractivity contribution is -0.115. The van der Waals surface area contributed by atoms with E-state index in [1.807, 2.05) is 6.92 Å². The Hall–Kier alpha value is -1.32. The third-order valence-corrected chi connectivity index (χ3v) is 2.20. The van der Waals surface area contributed by atoms with Crippen LogP contribution in [0.4, 0.5) is 4.79 Å². The molecule has 0 bridgehead atoms. The molecule has 1 amide bonds. The van der Waals surface area contributed by atoms with Crippen LogP contribution in [0.3, 0.4) is 0 Å². The van der Waals surface area contributed by atoms with Gasteiger partial charge in [-0.25, -0.2) is 4.79 Å². The van der Waals surface area contributed by atoms with Crippen molar-refractivity contribution in [3.05, 3.63) is 12.2 Å². The monoisotopic (exact) mass is 211 g/mol. The maximum absolute atomic E-state index is 11.5. The van der Waals surface area contributed by atoms with Crippen LogP contribution >= 0.6 is 0 Å². The van der Waals surface area contributed by atoms with E-state index in [0.717, 1.165) is 12.8 Å². The molecule has 0 atom stereocenters. The summed E-state index contributed by atoms with van der Waals surface area (Å²) >= 11 is 0. The van der Waals surface area contributed by atoms with Gasteiger partial charge in [-0.2, -0.15) is 0 Å². The van der Waals surface area contributed by atoms with E-state index < -0.39 is 0 Å². The van der Waals surface area contributed by atoms with Gasteiger partial charge in [-0.15, -0.1) is 0 Å². The molecule has 0 aliphatic carbocycles. The normalized spacial score (nSPS) is 16.3. The van der Waals surface area contributed by atoms with Crippen LogP contribution in [-0.4, -0.2) is 36.5 Å². The van der Waals surface area contributed by atoms with Crippen molar-refractivity contribution in [3.8, 4) is 0 Å². The number of rotatable bonds is 3. The Labute approximate surface area is 89.9 Å². The molecule has 0 saturated heterocycles. The van der Waals surface area contributed by atoms with Crippen LogP contribution < -0.4 is 0 Å². The predicted octanol–water partition coefficient (Wildman–Crippen LogP) is 1.75. The van der Waals surface area contributed by atoms with Crippen LogP contribution in [0.25, 0.3) is 0 Å². The first-order chi connectivity index (χ1) is 7.24. The molecule has 84 valence electrons. The quantitative estimate of drug-likeness (QED) is 0.668. The van der Waals surface area contributed by atoms with Crippen LogP contribution in [0.2, 0.25) is 0 Å². The van der Waals surface area contributed by atoms with Gasteiger partial charge in [0.1, 0.15) is 0 Å². The van der Waals surface area contributed by atoms with E-state index in [4.69, 9.17) is 4.74 Å². The number of unbranched alkanes of at least 4 members (excludes halogenated alkanes) is 1. The molecule has 0 fully saturated rings. The molecule has 4 nitrogen and oxygen atoms in total. The molecule has 1 heterocycles. The first-order valence-electron chi connectivity index (χ1n) is 5.35. The zero-order valence-electron chi connectivity index (χ0n) is 9.07. The van der Waals surface area contributed by atoms with Gasteiger partial charge in [0, 0.05) is 6.54 Å². The highest BCUT2D eigenvalue weighted by molar-refractivity contribution is 5.93. The Bertz CT molecular complexity index is 261. The minimum absolute atomic E-state index is 0.0417. The van der Waals surface area contributed by atoms with Crippen molar-refractivity contribution < 1.29 is 14.3 Å². The Morgan fingerprint density at radius 1 is 1.60 bits per heavy atom. The molecule has 4 heteroatoms. The van der Waals surface area contributed by atoms with Crippen molar-refractivity contribution in [2.75, 3.05) is 19.7 Å². The molecule has 15 heavy (non-hydrogen) atoms. The van der Waals surface area contributed by atoms with Gasteiger partial charge in [0.25, 0.3) is 0 Å². The second-order valence-corrected chi connectivity index (χ2v) is 3.55. The first kappa shape index (κ1) is 11.8. The fourth-order valence-corrected chi connectivity index (χ4v) is 1.32. The smallest absolute Gasteiger partial charge is 0.410 e. The summed E-state index contributed by atoms with van der Waals surface area (Å²) in [5.41, 5.74) is 0. The maximum atomic E-state index is 11.5. The van der Waals surface area contributed by atoms with E-state index in [1.165, 1.54) is 11.0 Å². The van der Waals surface area contributed by atoms with Crippen LogP contribution in [0.15, 0.2) is 12.2 Å². The van der Waals surface area contributed by atoms with Crippen molar-refractivity contribution in [3.63, 3.8) is 0 Å². The number of nitrogens with zero attached hydrogens (tertiary/aromatic N) is 1. The van der Waals surface area contributed by atoms with E-state index >= 15 is 0 Å². The molecule has 0 aromatic carbocycles. The van der Waals surface area contributed by atoms with Gasteiger partial charge in [0.2, 0.25) is 0 Å². The lowest BCUT2D eigenvalue weighted by Gasteiger charge is -2.18. The van der Waals surface area contributed by atoms with Crippen molar-refractivity contribution in [2.24, 2.45) is 0 Å². The fourth-order valence-electron chi connectivity index (χ4n) is 1.32. The van der Waals surface area contributed by atoms with Gasteiger partial charge in [-0.05, 0) is 18.9 Å². The number of carbonyl (C=O) groups excluding carboxylic acids is 2. The van der Waals surface area contributed by atoms with Crippen LogP contribution in [0, 0.1) is 0 Å². The van der Waals surface area contributed by atoms with E-state index in [2.05, 4.69) is 0 Å². The summed E-state index contributed by atoms with van der Waals surface area (Å²) in [7, 11) is 0. The van der Waals surface area contributed by atoms with Crippen LogP contribution in [0.5, 0.6) is 0 Å². The van der Waals surface area contributed by atoms with Gasteiger partial charge < -0.3 is 9.64 Å². The Balaban J connectivity index is 2.35. The Morgan fingerprint density at radius 3 is 3.13 bits per heavy atom. The molecule has 1 aliphatic heterocycles. The van der Waals surface area contributed by atoms with Crippen LogP contribution in [0.1, 0.15) is 26.2 Å². The van der Waals surface area contributed by atoms with Gasteiger partial charge >= 0.3 is 6.09 Å². The summed E-state index contributed by atoms with van der Waals surface area (Å²) < 4.78 is 5.03. The zero-order valence-corrected chi connectivity index (χ0v) is 9.07. The highest BCUT2D eigenvalue weighted by atomic mass is 16.6. The summed E-state index contributed by atoms with van der Waals surface area (Å²) in [4.78, 5) is 24.1. The lowest BCUT2D eigenvalue weighted by Crippen LogP contribution is -2.35. The fraction of sp³-hybridized carbons (Fsp3) is 0.636. The summed E-state index contributed by atoms with van der Waals surface area (Å²) in [6, 6.07) is 0. The molecule has 0 aromatic heterocycles. The summed E-state index contributed by atoms with van der Waals surface area (Å²) in [6.45, 7) is 3.18. The molecular weight excluding hydrogens is 194 g/mol. The van der Waals surface area contributed by atoms with Crippen molar-refractivity contribution >= 4 is 11.9 Å². The van der Waals surface area contributed by atoms with Gasteiger partial charge in [-0.1, -0.05) is 19.4 Å². The largest absolute Gasteiger partial charge is 0.449 e. The summed E-state index contributed by atoms with van der Waals surface area (Å²) in [6.07, 6.45) is 5.52. The van der Waals surface area contributed by atoms with E-state index in [9.17, 15) is 9.59 Å². The second kappa shape index (κ2) is 6.22. The maximum Gasteiger partial charge on any atom is 0.410 e. The Kier molecular flexibility index (Phi) is 4.87. The van der Waals surface area contributed by atoms with Gasteiger partial charge in [-0.3, -0.25) is 4.79 Å².